The second-order valence-electron chi connectivity index (χ2n) is 5.39. The number of rotatable bonds is 7. The molecule has 1 heterocycles. The molecule has 6 nitrogen and oxygen atoms in total. The summed E-state index contributed by atoms with van der Waals surface area (Å²) in [5.41, 5.74) is 1.50. The maximum absolute atomic E-state index is 12.7. The normalized spacial score (nSPS) is 10.5. The summed E-state index contributed by atoms with van der Waals surface area (Å²) in [6.07, 6.45) is 0.648. The van der Waals surface area contributed by atoms with Crippen LogP contribution in [-0.4, -0.2) is 27.6 Å². The van der Waals surface area contributed by atoms with E-state index in [0.29, 0.717) is 34.3 Å². The van der Waals surface area contributed by atoms with Crippen molar-refractivity contribution in [1.29, 1.82) is 0 Å². The van der Waals surface area contributed by atoms with Crippen molar-refractivity contribution in [2.24, 2.45) is 0 Å². The Balaban J connectivity index is 1.68. The molecule has 0 saturated carbocycles. The highest BCUT2D eigenvalue weighted by Crippen LogP contribution is 2.21. The van der Waals surface area contributed by atoms with E-state index in [1.807, 2.05) is 13.0 Å². The van der Waals surface area contributed by atoms with E-state index in [2.05, 4.69) is 15.5 Å². The Labute approximate surface area is 155 Å². The van der Waals surface area contributed by atoms with Gasteiger partial charge in [-0.25, -0.2) is 0 Å². The molecule has 1 N–H and O–H groups in total. The number of thioether (sulfide) groups is 1. The fraction of sp³-hybridized carbons (Fsp3) is 0.158. The molecule has 132 valence electrons. The predicted octanol–water partition coefficient (Wildman–Crippen LogP) is 3.59. The molecule has 0 bridgehead atoms. The second kappa shape index (κ2) is 8.44. The molecular weight excluding hydrogens is 350 g/mol. The number of amides is 1. The first-order chi connectivity index (χ1) is 12.7. The molecule has 0 aliphatic rings. The van der Waals surface area contributed by atoms with Gasteiger partial charge in [-0.3, -0.25) is 9.59 Å². The van der Waals surface area contributed by atoms with Crippen LogP contribution in [0.25, 0.3) is 0 Å². The molecule has 0 unspecified atom stereocenters. The van der Waals surface area contributed by atoms with Crippen LogP contribution in [0.2, 0.25) is 0 Å². The Morgan fingerprint density at radius 3 is 2.50 bits per heavy atom. The summed E-state index contributed by atoms with van der Waals surface area (Å²) in [6.45, 7) is 1.91. The number of nitrogens with one attached hydrogen (secondary N) is 1. The van der Waals surface area contributed by atoms with Crippen molar-refractivity contribution in [3.63, 3.8) is 0 Å². The third kappa shape index (κ3) is 4.37. The van der Waals surface area contributed by atoms with Crippen LogP contribution < -0.4 is 5.32 Å². The van der Waals surface area contributed by atoms with Gasteiger partial charge in [0.25, 0.3) is 5.22 Å². The quantitative estimate of drug-likeness (QED) is 0.507. The van der Waals surface area contributed by atoms with Crippen LogP contribution in [0, 0.1) is 0 Å². The molecule has 3 rings (SSSR count). The minimum atomic E-state index is -0.250. The maximum Gasteiger partial charge on any atom is 0.277 e. The lowest BCUT2D eigenvalue weighted by atomic mass is 10.0. The van der Waals surface area contributed by atoms with Gasteiger partial charge in [0.1, 0.15) is 0 Å². The van der Waals surface area contributed by atoms with E-state index >= 15 is 0 Å². The van der Waals surface area contributed by atoms with Crippen molar-refractivity contribution < 1.29 is 14.0 Å². The second-order valence-corrected chi connectivity index (χ2v) is 6.32. The van der Waals surface area contributed by atoms with Gasteiger partial charge < -0.3 is 9.73 Å². The van der Waals surface area contributed by atoms with Gasteiger partial charge >= 0.3 is 0 Å². The number of carbonyl (C=O) groups is 2. The van der Waals surface area contributed by atoms with E-state index in [4.69, 9.17) is 4.42 Å². The van der Waals surface area contributed by atoms with Crippen molar-refractivity contribution in [2.75, 3.05) is 11.1 Å². The number of hydrogen-bond donors (Lipinski definition) is 1. The van der Waals surface area contributed by atoms with E-state index in [1.165, 1.54) is 0 Å². The van der Waals surface area contributed by atoms with Gasteiger partial charge in [0.15, 0.2) is 5.78 Å². The molecule has 1 aromatic heterocycles. The molecule has 0 radical (unpaired) electrons. The van der Waals surface area contributed by atoms with Gasteiger partial charge in [-0.2, -0.15) is 0 Å². The average molecular weight is 367 g/mol. The van der Waals surface area contributed by atoms with E-state index in [1.54, 1.807) is 48.5 Å². The van der Waals surface area contributed by atoms with Crippen LogP contribution in [0.15, 0.2) is 64.2 Å². The largest absolute Gasteiger partial charge is 0.416 e. The summed E-state index contributed by atoms with van der Waals surface area (Å²) in [4.78, 5) is 24.9. The van der Waals surface area contributed by atoms with Crippen molar-refractivity contribution >= 4 is 29.1 Å². The standard InChI is InChI=1S/C19H17N3O3S/c1-2-17-21-22-19(25-17)26-12-16(23)20-15-11-7-6-10-14(15)18(24)13-8-4-3-5-9-13/h3-11H,2,12H2,1H3,(H,20,23). The van der Waals surface area contributed by atoms with Crippen molar-refractivity contribution in [3.05, 3.63) is 71.6 Å². The molecule has 1 amide bonds. The van der Waals surface area contributed by atoms with Crippen LogP contribution >= 0.6 is 11.8 Å². The molecule has 0 fully saturated rings. The van der Waals surface area contributed by atoms with Crippen LogP contribution in [-0.2, 0) is 11.2 Å². The van der Waals surface area contributed by atoms with E-state index < -0.39 is 0 Å². The highest BCUT2D eigenvalue weighted by Gasteiger charge is 2.15. The topological polar surface area (TPSA) is 85.1 Å². The number of nitrogens with zero attached hydrogens (tertiary/aromatic N) is 2. The summed E-state index contributed by atoms with van der Waals surface area (Å²) < 4.78 is 5.36. The summed E-state index contributed by atoms with van der Waals surface area (Å²) in [6, 6.07) is 15.9. The fourth-order valence-corrected chi connectivity index (χ4v) is 2.87. The van der Waals surface area contributed by atoms with Gasteiger partial charge in [0, 0.05) is 17.5 Å². The monoisotopic (exact) mass is 367 g/mol. The fourth-order valence-electron chi connectivity index (χ4n) is 2.29. The van der Waals surface area contributed by atoms with Crippen LogP contribution in [0.5, 0.6) is 0 Å². The average Bonchev–Trinajstić information content (AvgIpc) is 3.15. The Hall–Kier alpha value is -2.93. The number of hydrogen-bond acceptors (Lipinski definition) is 6. The first kappa shape index (κ1) is 17.9. The van der Waals surface area contributed by atoms with Gasteiger partial charge in [-0.1, -0.05) is 61.2 Å². The highest BCUT2D eigenvalue weighted by molar-refractivity contribution is 7.99. The SMILES string of the molecule is CCc1nnc(SCC(=O)Nc2ccccc2C(=O)c2ccccc2)o1. The Bertz CT molecular complexity index is 909. The minimum absolute atomic E-state index is 0.110. The summed E-state index contributed by atoms with van der Waals surface area (Å²) in [5, 5.41) is 10.9. The molecule has 0 aliphatic heterocycles. The zero-order valence-electron chi connectivity index (χ0n) is 14.1. The number of ketones is 1. The third-order valence-electron chi connectivity index (χ3n) is 3.56. The lowest BCUT2D eigenvalue weighted by Gasteiger charge is -2.10. The first-order valence-corrected chi connectivity index (χ1v) is 9.09. The summed E-state index contributed by atoms with van der Waals surface area (Å²) >= 11 is 1.16. The smallest absolute Gasteiger partial charge is 0.277 e. The number of aromatic nitrogens is 2. The van der Waals surface area contributed by atoms with Gasteiger partial charge in [-0.05, 0) is 12.1 Å². The summed E-state index contributed by atoms with van der Waals surface area (Å²) in [7, 11) is 0. The third-order valence-corrected chi connectivity index (χ3v) is 4.38. The number of anilines is 1. The Kier molecular flexibility index (Phi) is 5.80. The molecule has 0 aliphatic carbocycles. The Morgan fingerprint density at radius 1 is 1.04 bits per heavy atom. The molecule has 7 heteroatoms. The summed E-state index contributed by atoms with van der Waals surface area (Å²) in [5.74, 6) is 0.254. The number of aryl methyl sites for hydroxylation is 1. The molecule has 26 heavy (non-hydrogen) atoms. The minimum Gasteiger partial charge on any atom is -0.416 e. The number of benzene rings is 2. The molecule has 0 spiro atoms. The van der Waals surface area contributed by atoms with E-state index in [9.17, 15) is 9.59 Å². The molecule has 3 aromatic rings. The molecule has 0 atom stereocenters. The molecule has 0 saturated heterocycles. The van der Waals surface area contributed by atoms with E-state index in [-0.39, 0.29) is 17.4 Å². The van der Waals surface area contributed by atoms with Gasteiger partial charge in [0.05, 0.1) is 11.4 Å². The van der Waals surface area contributed by atoms with Gasteiger partial charge in [-0.15, -0.1) is 10.2 Å². The van der Waals surface area contributed by atoms with Crippen molar-refractivity contribution in [1.82, 2.24) is 10.2 Å². The lowest BCUT2D eigenvalue weighted by molar-refractivity contribution is -0.113. The van der Waals surface area contributed by atoms with E-state index in [0.717, 1.165) is 11.8 Å². The maximum atomic E-state index is 12.7. The van der Waals surface area contributed by atoms with Crippen LogP contribution in [0.3, 0.4) is 0 Å². The first-order valence-electron chi connectivity index (χ1n) is 8.11. The lowest BCUT2D eigenvalue weighted by Crippen LogP contribution is -2.17. The van der Waals surface area contributed by atoms with Crippen molar-refractivity contribution in [2.45, 2.75) is 18.6 Å². The Morgan fingerprint density at radius 2 is 1.77 bits per heavy atom. The van der Waals surface area contributed by atoms with Crippen LogP contribution in [0.1, 0.15) is 28.7 Å². The molecular formula is C19H17N3O3S. The van der Waals surface area contributed by atoms with Crippen molar-refractivity contribution in [3.8, 4) is 0 Å². The number of para-hydroxylation sites is 1. The zero-order chi connectivity index (χ0) is 18.4. The predicted molar refractivity (Wildman–Crippen MR) is 99.3 cm³/mol. The highest BCUT2D eigenvalue weighted by atomic mass is 32.2. The van der Waals surface area contributed by atoms with Gasteiger partial charge in [0.2, 0.25) is 11.8 Å². The molecule has 2 aromatic carbocycles. The van der Waals surface area contributed by atoms with Crippen LogP contribution in [0.4, 0.5) is 5.69 Å². The number of carbonyl (C=O) groups excluding carboxylic acids is 2. The zero-order valence-corrected chi connectivity index (χ0v) is 15.0.